The van der Waals surface area contributed by atoms with E-state index < -0.39 is 28.4 Å². The van der Waals surface area contributed by atoms with Crippen LogP contribution in [0.5, 0.6) is 11.5 Å². The summed E-state index contributed by atoms with van der Waals surface area (Å²) >= 11 is 0. The van der Waals surface area contributed by atoms with E-state index in [2.05, 4.69) is 9.97 Å². The Hall–Kier alpha value is -5.19. The lowest BCUT2D eigenvalue weighted by molar-refractivity contribution is -0.384. The Morgan fingerprint density at radius 1 is 1.11 bits per heavy atom. The molecule has 1 amide bonds. The van der Waals surface area contributed by atoms with Crippen molar-refractivity contribution in [3.63, 3.8) is 0 Å². The number of methoxy groups -OCH3 is 1. The van der Waals surface area contributed by atoms with Crippen LogP contribution in [0.1, 0.15) is 24.1 Å². The van der Waals surface area contributed by atoms with E-state index in [-0.39, 0.29) is 22.8 Å². The van der Waals surface area contributed by atoms with Crippen LogP contribution in [-0.2, 0) is 9.59 Å². The molecule has 1 aliphatic rings. The first-order valence-corrected chi connectivity index (χ1v) is 11.6. The fourth-order valence-corrected chi connectivity index (χ4v) is 4.45. The van der Waals surface area contributed by atoms with Gasteiger partial charge in [-0.3, -0.25) is 24.6 Å². The Kier molecular flexibility index (Phi) is 6.25. The maximum Gasteiger partial charge on any atom is 0.302 e. The molecule has 192 valence electrons. The van der Waals surface area contributed by atoms with Gasteiger partial charge in [0.25, 0.3) is 11.5 Å². The van der Waals surface area contributed by atoms with Gasteiger partial charge in [0.1, 0.15) is 5.76 Å². The molecule has 0 radical (unpaired) electrons. The zero-order valence-corrected chi connectivity index (χ0v) is 20.4. The first-order chi connectivity index (χ1) is 18.3. The van der Waals surface area contributed by atoms with Gasteiger partial charge in [0.15, 0.2) is 11.5 Å². The van der Waals surface area contributed by atoms with E-state index in [9.17, 15) is 24.8 Å². The number of hydrogen-bond donors (Lipinski definition) is 2. The number of hydrogen-bond acceptors (Lipinski definition) is 8. The van der Waals surface area contributed by atoms with Crippen LogP contribution in [0.25, 0.3) is 16.8 Å². The maximum atomic E-state index is 13.4. The molecule has 1 unspecified atom stereocenters. The molecular weight excluding hydrogens is 492 g/mol. The minimum absolute atomic E-state index is 0.120. The highest BCUT2D eigenvalue weighted by atomic mass is 16.6. The first kappa shape index (κ1) is 24.5. The number of nitrogens with zero attached hydrogens (tertiary/aromatic N) is 3. The number of aliphatic hydroxyl groups excluding tert-OH is 1. The van der Waals surface area contributed by atoms with Gasteiger partial charge in [-0.05, 0) is 48.9 Å². The average Bonchev–Trinajstić information content (AvgIpc) is 3.46. The summed E-state index contributed by atoms with van der Waals surface area (Å²) in [5.74, 6) is -1.35. The Balaban J connectivity index is 1.72. The van der Waals surface area contributed by atoms with Crippen molar-refractivity contribution >= 4 is 40.1 Å². The number of aliphatic hydroxyl groups is 1. The van der Waals surface area contributed by atoms with E-state index >= 15 is 0 Å². The summed E-state index contributed by atoms with van der Waals surface area (Å²) in [4.78, 5) is 46.1. The number of non-ortho nitro benzene ring substituents is 1. The number of nitro groups is 1. The summed E-state index contributed by atoms with van der Waals surface area (Å²) in [7, 11) is 1.49. The fourth-order valence-electron chi connectivity index (χ4n) is 4.45. The molecule has 11 heteroatoms. The van der Waals surface area contributed by atoms with Crippen molar-refractivity contribution in [2.75, 3.05) is 18.6 Å². The Bertz CT molecular complexity index is 1570. The monoisotopic (exact) mass is 514 g/mol. The lowest BCUT2D eigenvalue weighted by Crippen LogP contribution is -2.30. The quantitative estimate of drug-likeness (QED) is 0.120. The van der Waals surface area contributed by atoms with Gasteiger partial charge in [-0.1, -0.05) is 18.2 Å². The topological polar surface area (TPSA) is 148 Å². The molecule has 2 N–H and O–H groups in total. The Morgan fingerprint density at radius 2 is 1.84 bits per heavy atom. The standard InChI is InChI=1S/C27H22N4O7/c1-3-38-21-14-16(10-13-20(21)37-2)23-22(24(32)15-8-11-17(12-9-15)31(35)36)25(33)26(34)30(23)27-28-18-6-4-5-7-19(18)29-27/h4-14,23,32H,3H2,1-2H3,(H,28,29)/b24-22+. The number of ketones is 1. The van der Waals surface area contributed by atoms with Crippen LogP contribution < -0.4 is 14.4 Å². The Labute approximate surface area is 216 Å². The summed E-state index contributed by atoms with van der Waals surface area (Å²) < 4.78 is 11.1. The lowest BCUT2D eigenvalue weighted by atomic mass is 9.95. The van der Waals surface area contributed by atoms with E-state index in [0.717, 1.165) is 0 Å². The van der Waals surface area contributed by atoms with Gasteiger partial charge < -0.3 is 19.6 Å². The minimum atomic E-state index is -1.09. The van der Waals surface area contributed by atoms with Crippen molar-refractivity contribution in [3.05, 3.63) is 93.5 Å². The molecule has 1 fully saturated rings. The van der Waals surface area contributed by atoms with Crippen LogP contribution in [0.4, 0.5) is 11.6 Å². The molecule has 0 bridgehead atoms. The highest BCUT2D eigenvalue weighted by molar-refractivity contribution is 6.51. The maximum absolute atomic E-state index is 13.4. The number of benzene rings is 3. The number of H-pyrrole nitrogens is 1. The van der Waals surface area contributed by atoms with Gasteiger partial charge in [-0.2, -0.15) is 0 Å². The molecule has 38 heavy (non-hydrogen) atoms. The number of nitro benzene ring substituents is 1. The number of anilines is 1. The number of imidazole rings is 1. The predicted octanol–water partition coefficient (Wildman–Crippen LogP) is 4.50. The van der Waals surface area contributed by atoms with Crippen molar-refractivity contribution in [3.8, 4) is 11.5 Å². The summed E-state index contributed by atoms with van der Waals surface area (Å²) in [6.07, 6.45) is 0. The van der Waals surface area contributed by atoms with Crippen molar-refractivity contribution in [2.45, 2.75) is 13.0 Å². The van der Waals surface area contributed by atoms with Crippen molar-refractivity contribution in [2.24, 2.45) is 0 Å². The molecule has 2 heterocycles. The number of amides is 1. The van der Waals surface area contributed by atoms with E-state index in [0.29, 0.717) is 34.7 Å². The second-order valence-corrected chi connectivity index (χ2v) is 8.39. The summed E-state index contributed by atoms with van der Waals surface area (Å²) in [6, 6.07) is 16.1. The minimum Gasteiger partial charge on any atom is -0.507 e. The average molecular weight is 514 g/mol. The summed E-state index contributed by atoms with van der Waals surface area (Å²) in [6.45, 7) is 2.15. The number of para-hydroxylation sites is 2. The van der Waals surface area contributed by atoms with Crippen molar-refractivity contribution < 1.29 is 29.1 Å². The highest BCUT2D eigenvalue weighted by Gasteiger charge is 2.48. The van der Waals surface area contributed by atoms with E-state index in [1.165, 1.54) is 36.3 Å². The van der Waals surface area contributed by atoms with Crippen molar-refractivity contribution in [1.82, 2.24) is 9.97 Å². The van der Waals surface area contributed by atoms with Crippen LogP contribution in [0.2, 0.25) is 0 Å². The van der Waals surface area contributed by atoms with Crippen molar-refractivity contribution in [1.29, 1.82) is 0 Å². The number of rotatable bonds is 7. The molecule has 1 aromatic heterocycles. The van der Waals surface area contributed by atoms with Crippen LogP contribution in [0.15, 0.2) is 72.3 Å². The number of nitrogens with one attached hydrogen (secondary N) is 1. The number of fused-ring (bicyclic) bond motifs is 1. The molecule has 5 rings (SSSR count). The van der Waals surface area contributed by atoms with E-state index in [1.54, 1.807) is 43.3 Å². The number of aromatic amines is 1. The summed E-state index contributed by atoms with van der Waals surface area (Å²) in [5, 5.41) is 22.3. The smallest absolute Gasteiger partial charge is 0.302 e. The lowest BCUT2D eigenvalue weighted by Gasteiger charge is -2.24. The molecule has 1 aliphatic heterocycles. The van der Waals surface area contributed by atoms with Gasteiger partial charge in [-0.15, -0.1) is 0 Å². The molecule has 0 spiro atoms. The molecule has 0 saturated carbocycles. The van der Waals surface area contributed by atoms with Crippen LogP contribution >= 0.6 is 0 Å². The number of carbonyl (C=O) groups excluding carboxylic acids is 2. The van der Waals surface area contributed by atoms with E-state index in [1.807, 2.05) is 6.07 Å². The molecule has 4 aromatic rings. The van der Waals surface area contributed by atoms with Gasteiger partial charge >= 0.3 is 5.91 Å². The molecule has 0 aliphatic carbocycles. The molecular formula is C27H22N4O7. The number of Topliss-reactive ketones (excluding diaryl/α,β-unsaturated/α-hetero) is 1. The van der Waals surface area contributed by atoms with Gasteiger partial charge in [-0.25, -0.2) is 4.98 Å². The van der Waals surface area contributed by atoms with Gasteiger partial charge in [0.2, 0.25) is 5.95 Å². The highest BCUT2D eigenvalue weighted by Crippen LogP contribution is 2.43. The third-order valence-corrected chi connectivity index (χ3v) is 6.20. The number of aromatic nitrogens is 2. The largest absolute Gasteiger partial charge is 0.507 e. The van der Waals surface area contributed by atoms with Crippen LogP contribution in [0, 0.1) is 10.1 Å². The Morgan fingerprint density at radius 3 is 2.50 bits per heavy atom. The second kappa shape index (κ2) is 9.69. The van der Waals surface area contributed by atoms with E-state index in [4.69, 9.17) is 9.47 Å². The predicted molar refractivity (Wildman–Crippen MR) is 138 cm³/mol. The zero-order valence-electron chi connectivity index (χ0n) is 20.4. The van der Waals surface area contributed by atoms with Crippen LogP contribution in [-0.4, -0.2) is 45.4 Å². The SMILES string of the molecule is CCOc1cc(C2/C(=C(\O)c3ccc([N+](=O)[O-])cc3)C(=O)C(=O)N2c2nc3ccccc3[nH]2)ccc1OC. The number of carbonyl (C=O) groups is 2. The second-order valence-electron chi connectivity index (χ2n) is 8.39. The van der Waals surface area contributed by atoms with Crippen LogP contribution in [0.3, 0.4) is 0 Å². The third-order valence-electron chi connectivity index (χ3n) is 6.20. The molecule has 1 atom stereocenters. The molecule has 11 nitrogen and oxygen atoms in total. The summed E-state index contributed by atoms with van der Waals surface area (Å²) in [5.41, 5.74) is 1.46. The third kappa shape index (κ3) is 4.09. The molecule has 1 saturated heterocycles. The van der Waals surface area contributed by atoms with Gasteiger partial charge in [0, 0.05) is 17.7 Å². The van der Waals surface area contributed by atoms with Gasteiger partial charge in [0.05, 0.1) is 41.3 Å². The number of ether oxygens (including phenoxy) is 2. The fraction of sp³-hybridized carbons (Fsp3) is 0.148. The first-order valence-electron chi connectivity index (χ1n) is 11.6. The molecule has 3 aromatic carbocycles. The zero-order chi connectivity index (χ0) is 27.0. The normalized spacial score (nSPS) is 16.7.